The van der Waals surface area contributed by atoms with Crippen molar-refractivity contribution in [3.63, 3.8) is 0 Å². The molecule has 0 aromatic heterocycles. The first-order valence-electron chi connectivity index (χ1n) is 3.45. The van der Waals surface area contributed by atoms with Crippen molar-refractivity contribution in [1.29, 1.82) is 0 Å². The summed E-state index contributed by atoms with van der Waals surface area (Å²) in [6.45, 7) is 3.60. The lowest BCUT2D eigenvalue weighted by atomic mass is 10.4. The van der Waals surface area contributed by atoms with Gasteiger partial charge in [0.05, 0.1) is 6.10 Å². The summed E-state index contributed by atoms with van der Waals surface area (Å²) in [5.74, 6) is -1.96. The smallest absolute Gasteiger partial charge is 0.219 e. The number of aliphatic hydroxyl groups excluding tert-OH is 1. The predicted octanol–water partition coefficient (Wildman–Crippen LogP) is -1.68. The number of rotatable bonds is 2. The van der Waals surface area contributed by atoms with Gasteiger partial charge in [-0.3, -0.25) is 5.73 Å². The zero-order chi connectivity index (χ0) is 9.49. The van der Waals surface area contributed by atoms with E-state index in [1.165, 1.54) is 0 Å². The van der Waals surface area contributed by atoms with E-state index >= 15 is 0 Å². The van der Waals surface area contributed by atoms with Gasteiger partial charge >= 0.3 is 0 Å². The fourth-order valence-corrected chi connectivity index (χ4v) is 0. The number of aliphatic hydroxyl groups is 3. The summed E-state index contributed by atoms with van der Waals surface area (Å²) in [6.07, 6.45) is -0.178. The second kappa shape index (κ2) is 6.51. The maximum Gasteiger partial charge on any atom is 0.219 e. The molecule has 0 amide bonds. The van der Waals surface area contributed by atoms with Gasteiger partial charge in [-0.25, -0.2) is 0 Å². The third kappa shape index (κ3) is 25.9. The van der Waals surface area contributed by atoms with E-state index in [1.54, 1.807) is 13.8 Å². The van der Waals surface area contributed by atoms with Gasteiger partial charge in [-0.05, 0) is 6.92 Å². The Balaban J connectivity index is 0. The van der Waals surface area contributed by atoms with Crippen LogP contribution in [0.5, 0.6) is 0 Å². The van der Waals surface area contributed by atoms with Crippen LogP contribution in [0.4, 0.5) is 0 Å². The van der Waals surface area contributed by atoms with Crippen molar-refractivity contribution in [2.75, 3.05) is 6.54 Å². The van der Waals surface area contributed by atoms with Gasteiger partial charge in [0.1, 0.15) is 0 Å². The highest BCUT2D eigenvalue weighted by Gasteiger charge is 2.09. The summed E-state index contributed by atoms with van der Waals surface area (Å²) >= 11 is 0. The summed E-state index contributed by atoms with van der Waals surface area (Å²) in [5.41, 5.74) is 9.57. The normalized spacial score (nSPS) is 13.4. The fourth-order valence-electron chi connectivity index (χ4n) is 0. The molecule has 0 aromatic carbocycles. The molecule has 0 saturated carbocycles. The minimum Gasteiger partial charge on any atom is -0.392 e. The van der Waals surface area contributed by atoms with Gasteiger partial charge in [0.15, 0.2) is 0 Å². The Morgan fingerprint density at radius 3 is 1.64 bits per heavy atom. The SMILES string of the molecule is CC(O)CN.CCC(N)(O)O. The molecule has 0 aromatic rings. The van der Waals surface area contributed by atoms with E-state index in [4.69, 9.17) is 21.1 Å². The largest absolute Gasteiger partial charge is 0.392 e. The van der Waals surface area contributed by atoms with Crippen molar-refractivity contribution < 1.29 is 15.3 Å². The molecular weight excluding hydrogens is 148 g/mol. The van der Waals surface area contributed by atoms with Gasteiger partial charge in [0, 0.05) is 13.0 Å². The first kappa shape index (κ1) is 13.4. The second-order valence-electron chi connectivity index (χ2n) is 2.32. The second-order valence-corrected chi connectivity index (χ2v) is 2.32. The van der Waals surface area contributed by atoms with Gasteiger partial charge in [0.2, 0.25) is 5.91 Å². The average molecular weight is 166 g/mol. The van der Waals surface area contributed by atoms with Crippen LogP contribution >= 0.6 is 0 Å². The van der Waals surface area contributed by atoms with Crippen molar-refractivity contribution >= 4 is 0 Å². The Morgan fingerprint density at radius 1 is 1.45 bits per heavy atom. The van der Waals surface area contributed by atoms with Gasteiger partial charge in [0.25, 0.3) is 0 Å². The predicted molar refractivity (Wildman–Crippen MR) is 42.4 cm³/mol. The standard InChI is InChI=1S/C3H9NO2.C3H9NO/c1-2-3(4,5)6;1-3(5)2-4/h5-6H,2,4H2,1H3;3,5H,2,4H2,1H3. The highest BCUT2D eigenvalue weighted by molar-refractivity contribution is 4.45. The van der Waals surface area contributed by atoms with E-state index < -0.39 is 5.91 Å². The molecule has 0 bridgehead atoms. The van der Waals surface area contributed by atoms with E-state index in [9.17, 15) is 0 Å². The quantitative estimate of drug-likeness (QED) is 0.314. The third-order valence-electron chi connectivity index (χ3n) is 0.861. The zero-order valence-corrected chi connectivity index (χ0v) is 6.99. The van der Waals surface area contributed by atoms with E-state index in [1.807, 2.05) is 0 Å². The van der Waals surface area contributed by atoms with Crippen molar-refractivity contribution in [1.82, 2.24) is 0 Å². The van der Waals surface area contributed by atoms with Crippen LogP contribution in [0.3, 0.4) is 0 Å². The summed E-state index contributed by atoms with van der Waals surface area (Å²) in [6, 6.07) is 0. The van der Waals surface area contributed by atoms with E-state index in [0.717, 1.165) is 0 Å². The molecule has 0 radical (unpaired) electrons. The van der Waals surface area contributed by atoms with Gasteiger partial charge in [-0.2, -0.15) is 0 Å². The molecule has 0 saturated heterocycles. The first-order valence-corrected chi connectivity index (χ1v) is 3.45. The third-order valence-corrected chi connectivity index (χ3v) is 0.861. The van der Waals surface area contributed by atoms with Gasteiger partial charge in [-0.1, -0.05) is 6.92 Å². The Morgan fingerprint density at radius 2 is 1.64 bits per heavy atom. The van der Waals surface area contributed by atoms with Crippen LogP contribution in [0, 0.1) is 0 Å². The fraction of sp³-hybridized carbons (Fsp3) is 1.00. The van der Waals surface area contributed by atoms with Crippen LogP contribution < -0.4 is 11.5 Å². The molecule has 1 unspecified atom stereocenters. The molecule has 5 heteroatoms. The Labute approximate surface area is 66.6 Å². The number of nitrogens with two attached hydrogens (primary N) is 2. The van der Waals surface area contributed by atoms with E-state index in [-0.39, 0.29) is 12.5 Å². The Hall–Kier alpha value is -0.200. The van der Waals surface area contributed by atoms with Crippen molar-refractivity contribution in [3.8, 4) is 0 Å². The summed E-state index contributed by atoms with van der Waals surface area (Å²) < 4.78 is 0. The molecule has 70 valence electrons. The molecule has 11 heavy (non-hydrogen) atoms. The maximum atomic E-state index is 8.24. The summed E-state index contributed by atoms with van der Waals surface area (Å²) in [5, 5.41) is 24.6. The Bertz CT molecular complexity index is 80.4. The molecule has 7 N–H and O–H groups in total. The van der Waals surface area contributed by atoms with Crippen LogP contribution in [0.2, 0.25) is 0 Å². The zero-order valence-electron chi connectivity index (χ0n) is 6.99. The van der Waals surface area contributed by atoms with Crippen molar-refractivity contribution in [2.24, 2.45) is 11.5 Å². The first-order chi connectivity index (χ1) is 4.83. The van der Waals surface area contributed by atoms with Crippen LogP contribution in [-0.2, 0) is 0 Å². The molecule has 0 aliphatic heterocycles. The molecule has 0 aliphatic rings. The van der Waals surface area contributed by atoms with Crippen molar-refractivity contribution in [3.05, 3.63) is 0 Å². The van der Waals surface area contributed by atoms with E-state index in [0.29, 0.717) is 6.54 Å². The molecule has 0 spiro atoms. The maximum absolute atomic E-state index is 8.24. The average Bonchev–Trinajstić information content (AvgIpc) is 1.88. The minimum absolute atomic E-state index is 0.160. The summed E-state index contributed by atoms with van der Waals surface area (Å²) in [4.78, 5) is 0. The lowest BCUT2D eigenvalue weighted by Crippen LogP contribution is -2.37. The van der Waals surface area contributed by atoms with Gasteiger partial charge < -0.3 is 21.1 Å². The topological polar surface area (TPSA) is 113 Å². The molecular formula is C6H18N2O3. The molecule has 0 rings (SSSR count). The number of hydrogen-bond donors (Lipinski definition) is 5. The van der Waals surface area contributed by atoms with Crippen LogP contribution in [0.15, 0.2) is 0 Å². The van der Waals surface area contributed by atoms with Crippen LogP contribution in [-0.4, -0.2) is 33.9 Å². The van der Waals surface area contributed by atoms with Gasteiger partial charge in [-0.15, -0.1) is 0 Å². The van der Waals surface area contributed by atoms with Crippen LogP contribution in [0.25, 0.3) is 0 Å². The molecule has 0 heterocycles. The monoisotopic (exact) mass is 166 g/mol. The number of hydrogen-bond acceptors (Lipinski definition) is 5. The van der Waals surface area contributed by atoms with Crippen molar-refractivity contribution in [2.45, 2.75) is 32.3 Å². The highest BCUT2D eigenvalue weighted by Crippen LogP contribution is 1.90. The van der Waals surface area contributed by atoms with E-state index in [2.05, 4.69) is 5.73 Å². The van der Waals surface area contributed by atoms with Crippen LogP contribution in [0.1, 0.15) is 20.3 Å². The highest BCUT2D eigenvalue weighted by atomic mass is 16.5. The molecule has 1 atom stereocenters. The summed E-state index contributed by atoms with van der Waals surface area (Å²) in [7, 11) is 0. The molecule has 0 aliphatic carbocycles. The molecule has 0 fully saturated rings. The Kier molecular flexibility index (Phi) is 7.92. The minimum atomic E-state index is -1.96. The lowest BCUT2D eigenvalue weighted by molar-refractivity contribution is -0.156. The molecule has 5 nitrogen and oxygen atoms in total. The lowest BCUT2D eigenvalue weighted by Gasteiger charge is -2.10.